The molecule has 98 valence electrons. The summed E-state index contributed by atoms with van der Waals surface area (Å²) in [5.74, 6) is 0. The predicted octanol–water partition coefficient (Wildman–Crippen LogP) is 2.19. The van der Waals surface area contributed by atoms with E-state index >= 15 is 0 Å². The molecule has 0 aliphatic carbocycles. The van der Waals surface area contributed by atoms with Crippen LogP contribution >= 0.6 is 15.9 Å². The second-order valence-corrected chi connectivity index (χ2v) is 11.6. The summed E-state index contributed by atoms with van der Waals surface area (Å²) in [7, 11) is -1.13. The zero-order valence-electron chi connectivity index (χ0n) is 10.7. The Kier molecular flexibility index (Phi) is 5.25. The Bertz CT molecular complexity index is 516. The molecule has 1 heterocycles. The molecular formula is C11H16BrN3O2Si. The first kappa shape index (κ1) is 15.1. The highest BCUT2D eigenvalue weighted by molar-refractivity contribution is 9.10. The fourth-order valence-corrected chi connectivity index (χ4v) is 2.36. The third-order valence-electron chi connectivity index (χ3n) is 2.26. The third-order valence-corrected chi connectivity index (χ3v) is 4.53. The fourth-order valence-electron chi connectivity index (χ4n) is 1.18. The lowest BCUT2D eigenvalue weighted by Gasteiger charge is -2.15. The molecule has 1 aromatic rings. The number of nitrogens with zero attached hydrogens (tertiary/aromatic N) is 3. The van der Waals surface area contributed by atoms with Crippen molar-refractivity contribution in [3.63, 3.8) is 0 Å². The van der Waals surface area contributed by atoms with Crippen LogP contribution in [-0.2, 0) is 11.5 Å². The number of nitriles is 1. The quantitative estimate of drug-likeness (QED) is 0.613. The van der Waals surface area contributed by atoms with E-state index in [0.717, 1.165) is 10.7 Å². The van der Waals surface area contributed by atoms with Gasteiger partial charge in [-0.1, -0.05) is 19.6 Å². The number of rotatable bonds is 5. The van der Waals surface area contributed by atoms with Crippen LogP contribution in [0, 0.1) is 11.3 Å². The van der Waals surface area contributed by atoms with Crippen LogP contribution in [0.3, 0.4) is 0 Å². The Morgan fingerprint density at radius 1 is 1.56 bits per heavy atom. The predicted molar refractivity (Wildman–Crippen MR) is 75.0 cm³/mol. The third kappa shape index (κ3) is 4.72. The summed E-state index contributed by atoms with van der Waals surface area (Å²) in [4.78, 5) is 11.7. The first-order valence-corrected chi connectivity index (χ1v) is 10.1. The minimum Gasteiger partial charge on any atom is -0.359 e. The lowest BCUT2D eigenvalue weighted by atomic mass is 10.4. The van der Waals surface area contributed by atoms with Crippen molar-refractivity contribution < 1.29 is 4.74 Å². The highest BCUT2D eigenvalue weighted by atomic mass is 79.9. The molecule has 0 fully saturated rings. The Hall–Kier alpha value is -0.973. The molecule has 18 heavy (non-hydrogen) atoms. The van der Waals surface area contributed by atoms with Crippen molar-refractivity contribution in [3.8, 4) is 6.07 Å². The standard InChI is InChI=1S/C11H16BrN3O2Si/c1-18(2,3)5-4-17-8-15-11(16)10(12)6-9(7-13)14-15/h6H,4-5,8H2,1-3H3. The summed E-state index contributed by atoms with van der Waals surface area (Å²) in [6, 6.07) is 4.33. The first-order chi connectivity index (χ1) is 8.33. The molecule has 1 rings (SSSR count). The Morgan fingerprint density at radius 3 is 2.78 bits per heavy atom. The van der Waals surface area contributed by atoms with E-state index in [1.54, 1.807) is 0 Å². The molecule has 0 atom stereocenters. The van der Waals surface area contributed by atoms with Crippen molar-refractivity contribution in [1.82, 2.24) is 9.78 Å². The van der Waals surface area contributed by atoms with Gasteiger partial charge in [-0.25, -0.2) is 4.68 Å². The molecule has 0 aliphatic rings. The number of halogens is 1. The van der Waals surface area contributed by atoms with Crippen molar-refractivity contribution in [2.24, 2.45) is 0 Å². The van der Waals surface area contributed by atoms with Crippen LogP contribution in [0.5, 0.6) is 0 Å². The largest absolute Gasteiger partial charge is 0.359 e. The molecule has 0 amide bonds. The maximum Gasteiger partial charge on any atom is 0.283 e. The van der Waals surface area contributed by atoms with Crippen molar-refractivity contribution in [2.45, 2.75) is 32.4 Å². The number of aromatic nitrogens is 2. The summed E-state index contributed by atoms with van der Waals surface area (Å²) in [5, 5.41) is 12.7. The molecule has 0 aliphatic heterocycles. The van der Waals surface area contributed by atoms with Crippen LogP contribution in [0.2, 0.25) is 25.7 Å². The van der Waals surface area contributed by atoms with Gasteiger partial charge in [-0.2, -0.15) is 10.4 Å². The van der Waals surface area contributed by atoms with E-state index in [2.05, 4.69) is 40.7 Å². The normalized spacial score (nSPS) is 11.3. The monoisotopic (exact) mass is 329 g/mol. The van der Waals surface area contributed by atoms with Crippen molar-refractivity contribution in [3.05, 3.63) is 26.6 Å². The average molecular weight is 330 g/mol. The first-order valence-electron chi connectivity index (χ1n) is 5.59. The fraction of sp³-hybridized carbons (Fsp3) is 0.545. The van der Waals surface area contributed by atoms with Crippen LogP contribution in [0.25, 0.3) is 0 Å². The number of ether oxygens (including phenoxy) is 1. The Balaban J connectivity index is 2.66. The van der Waals surface area contributed by atoms with Gasteiger partial charge in [-0.05, 0) is 28.0 Å². The zero-order valence-corrected chi connectivity index (χ0v) is 13.3. The van der Waals surface area contributed by atoms with Gasteiger partial charge in [-0.3, -0.25) is 4.79 Å². The highest BCUT2D eigenvalue weighted by Crippen LogP contribution is 2.08. The van der Waals surface area contributed by atoms with Crippen LogP contribution in [0.15, 0.2) is 15.3 Å². The van der Waals surface area contributed by atoms with Gasteiger partial charge in [-0.15, -0.1) is 0 Å². The van der Waals surface area contributed by atoms with Crippen molar-refractivity contribution in [2.75, 3.05) is 6.61 Å². The van der Waals surface area contributed by atoms with E-state index in [9.17, 15) is 4.79 Å². The van der Waals surface area contributed by atoms with Crippen molar-refractivity contribution >= 4 is 24.0 Å². The molecule has 0 aromatic carbocycles. The maximum absolute atomic E-state index is 11.7. The van der Waals surface area contributed by atoms with Crippen LogP contribution < -0.4 is 5.56 Å². The Morgan fingerprint density at radius 2 is 2.22 bits per heavy atom. The summed E-state index contributed by atoms with van der Waals surface area (Å²) < 4.78 is 6.92. The smallest absolute Gasteiger partial charge is 0.283 e. The number of hydrogen-bond acceptors (Lipinski definition) is 4. The van der Waals surface area contributed by atoms with E-state index in [4.69, 9.17) is 10.00 Å². The van der Waals surface area contributed by atoms with E-state index in [-0.39, 0.29) is 18.0 Å². The zero-order chi connectivity index (χ0) is 13.8. The molecule has 0 bridgehead atoms. The molecule has 0 radical (unpaired) electrons. The average Bonchev–Trinajstić information content (AvgIpc) is 2.28. The summed E-state index contributed by atoms with van der Waals surface area (Å²) in [6.45, 7) is 7.46. The SMILES string of the molecule is C[Si](C)(C)CCOCn1nc(C#N)cc(Br)c1=O. The molecule has 0 saturated heterocycles. The van der Waals surface area contributed by atoms with E-state index in [1.807, 2.05) is 6.07 Å². The van der Waals surface area contributed by atoms with Gasteiger partial charge in [0.25, 0.3) is 5.56 Å². The topological polar surface area (TPSA) is 67.9 Å². The van der Waals surface area contributed by atoms with Gasteiger partial charge < -0.3 is 4.74 Å². The minimum absolute atomic E-state index is 0.0808. The lowest BCUT2D eigenvalue weighted by molar-refractivity contribution is 0.0746. The molecule has 0 N–H and O–H groups in total. The summed E-state index contributed by atoms with van der Waals surface area (Å²) in [5.41, 5.74) is -0.0997. The van der Waals surface area contributed by atoms with Gasteiger partial charge in [0, 0.05) is 14.7 Å². The second kappa shape index (κ2) is 6.27. The van der Waals surface area contributed by atoms with Gasteiger partial charge in [0.1, 0.15) is 12.8 Å². The maximum atomic E-state index is 11.7. The Labute approximate surface area is 116 Å². The van der Waals surface area contributed by atoms with E-state index in [0.29, 0.717) is 11.1 Å². The van der Waals surface area contributed by atoms with Gasteiger partial charge in [0.2, 0.25) is 0 Å². The van der Waals surface area contributed by atoms with E-state index < -0.39 is 8.07 Å². The van der Waals surface area contributed by atoms with Gasteiger partial charge in [0.15, 0.2) is 5.69 Å². The molecule has 1 aromatic heterocycles. The minimum atomic E-state index is -1.13. The molecule has 0 unspecified atom stereocenters. The van der Waals surface area contributed by atoms with Crippen LogP contribution in [0.1, 0.15) is 5.69 Å². The van der Waals surface area contributed by atoms with Crippen LogP contribution in [-0.4, -0.2) is 24.5 Å². The summed E-state index contributed by atoms with van der Waals surface area (Å²) in [6.07, 6.45) is 0. The molecule has 0 spiro atoms. The molecule has 5 nitrogen and oxygen atoms in total. The molecular weight excluding hydrogens is 314 g/mol. The van der Waals surface area contributed by atoms with E-state index in [1.165, 1.54) is 6.07 Å². The molecule has 0 saturated carbocycles. The van der Waals surface area contributed by atoms with Gasteiger partial charge >= 0.3 is 0 Å². The highest BCUT2D eigenvalue weighted by Gasteiger charge is 2.12. The van der Waals surface area contributed by atoms with Crippen LogP contribution in [0.4, 0.5) is 0 Å². The second-order valence-electron chi connectivity index (χ2n) is 5.14. The summed E-state index contributed by atoms with van der Waals surface area (Å²) >= 11 is 3.11. The lowest BCUT2D eigenvalue weighted by Crippen LogP contribution is -2.27. The number of hydrogen-bond donors (Lipinski definition) is 0. The van der Waals surface area contributed by atoms with Crippen molar-refractivity contribution in [1.29, 1.82) is 5.26 Å². The van der Waals surface area contributed by atoms with Gasteiger partial charge in [0.05, 0.1) is 4.47 Å². The molecule has 7 heteroatoms.